The lowest BCUT2D eigenvalue weighted by Crippen LogP contribution is -2.18. The van der Waals surface area contributed by atoms with Crippen molar-refractivity contribution in [3.05, 3.63) is 5.82 Å². The van der Waals surface area contributed by atoms with E-state index >= 15 is 0 Å². The summed E-state index contributed by atoms with van der Waals surface area (Å²) in [5.74, 6) is -2.35. The quantitative estimate of drug-likeness (QED) is 0.579. The van der Waals surface area contributed by atoms with Crippen molar-refractivity contribution in [1.82, 2.24) is 20.2 Å². The number of rotatable bonds is 0. The normalized spacial score (nSPS) is 21.5. The molecule has 4 nitrogen and oxygen atoms in total. The van der Waals surface area contributed by atoms with Crippen LogP contribution in [-0.2, 0) is 13.0 Å². The van der Waals surface area contributed by atoms with Crippen LogP contribution in [-0.4, -0.2) is 26.1 Å². The first-order valence-electron chi connectivity index (χ1n) is 3.80. The first-order chi connectivity index (χ1) is 5.67. The van der Waals surface area contributed by atoms with Crippen LogP contribution in [0.4, 0.5) is 8.78 Å². The molecule has 1 aromatic heterocycles. The summed E-state index contributed by atoms with van der Waals surface area (Å²) >= 11 is 0. The van der Waals surface area contributed by atoms with E-state index in [9.17, 15) is 8.78 Å². The number of aromatic nitrogens is 4. The molecule has 0 saturated heterocycles. The van der Waals surface area contributed by atoms with Gasteiger partial charge in [0.25, 0.3) is 5.92 Å². The van der Waals surface area contributed by atoms with Crippen LogP contribution >= 0.6 is 0 Å². The number of fused-ring (bicyclic) bond motifs is 1. The van der Waals surface area contributed by atoms with Crippen LogP contribution in [0, 0.1) is 0 Å². The van der Waals surface area contributed by atoms with Gasteiger partial charge in [-0.1, -0.05) is 0 Å². The number of halogens is 2. The second kappa shape index (κ2) is 2.46. The smallest absolute Gasteiger partial charge is 0.229 e. The Morgan fingerprint density at radius 1 is 1.42 bits per heavy atom. The Kier molecular flexibility index (Phi) is 1.55. The molecule has 12 heavy (non-hydrogen) atoms. The Labute approximate surface area is 67.6 Å². The summed E-state index contributed by atoms with van der Waals surface area (Å²) in [6.07, 6.45) is 0.0169. The molecule has 0 saturated carbocycles. The van der Waals surface area contributed by atoms with Crippen molar-refractivity contribution in [2.75, 3.05) is 0 Å². The topological polar surface area (TPSA) is 43.6 Å². The van der Waals surface area contributed by atoms with Crippen LogP contribution in [0.15, 0.2) is 0 Å². The predicted octanol–water partition coefficient (Wildman–Crippen LogP) is 0.645. The predicted molar refractivity (Wildman–Crippen MR) is 35.7 cm³/mol. The lowest BCUT2D eigenvalue weighted by atomic mass is 10.1. The van der Waals surface area contributed by atoms with Crippen LogP contribution < -0.4 is 0 Å². The zero-order chi connectivity index (χ0) is 8.60. The summed E-state index contributed by atoms with van der Waals surface area (Å²) in [5, 5.41) is 10.5. The van der Waals surface area contributed by atoms with E-state index in [-0.39, 0.29) is 18.7 Å². The van der Waals surface area contributed by atoms with Crippen molar-refractivity contribution in [1.29, 1.82) is 0 Å². The van der Waals surface area contributed by atoms with E-state index in [2.05, 4.69) is 15.5 Å². The molecule has 2 heterocycles. The number of nitrogens with zero attached hydrogens (tertiary/aromatic N) is 4. The van der Waals surface area contributed by atoms with Gasteiger partial charge in [0, 0.05) is 13.0 Å². The van der Waals surface area contributed by atoms with E-state index < -0.39 is 5.92 Å². The Morgan fingerprint density at radius 2 is 2.25 bits per heavy atom. The van der Waals surface area contributed by atoms with Crippen molar-refractivity contribution in [3.8, 4) is 0 Å². The molecule has 0 unspecified atom stereocenters. The van der Waals surface area contributed by atoms with Crippen LogP contribution in [0.1, 0.15) is 18.7 Å². The Balaban J connectivity index is 2.30. The molecule has 0 atom stereocenters. The monoisotopic (exact) mass is 174 g/mol. The number of aryl methyl sites for hydroxylation is 1. The van der Waals surface area contributed by atoms with Crippen molar-refractivity contribution in [2.24, 2.45) is 0 Å². The molecule has 66 valence electrons. The van der Waals surface area contributed by atoms with E-state index in [0.717, 1.165) is 0 Å². The van der Waals surface area contributed by atoms with Gasteiger partial charge < -0.3 is 0 Å². The third-order valence-corrected chi connectivity index (χ3v) is 1.94. The fraction of sp³-hybridized carbons (Fsp3) is 0.833. The first kappa shape index (κ1) is 7.57. The number of tetrazole rings is 1. The average molecular weight is 174 g/mol. The highest BCUT2D eigenvalue weighted by atomic mass is 19.3. The minimum Gasteiger partial charge on any atom is -0.229 e. The molecule has 0 aliphatic carbocycles. The minimum absolute atomic E-state index is 0.0853. The summed E-state index contributed by atoms with van der Waals surface area (Å²) in [5.41, 5.74) is 0. The molecule has 0 spiro atoms. The van der Waals surface area contributed by atoms with Crippen molar-refractivity contribution >= 4 is 0 Å². The summed E-state index contributed by atoms with van der Waals surface area (Å²) in [7, 11) is 0. The fourth-order valence-corrected chi connectivity index (χ4v) is 1.33. The maximum absolute atomic E-state index is 12.9. The van der Waals surface area contributed by atoms with Crippen LogP contribution in [0.25, 0.3) is 0 Å². The molecule has 0 amide bonds. The maximum Gasteiger partial charge on any atom is 0.255 e. The first-order valence-corrected chi connectivity index (χ1v) is 3.80. The zero-order valence-electron chi connectivity index (χ0n) is 6.37. The summed E-state index contributed by atoms with van der Waals surface area (Å²) in [4.78, 5) is 0. The highest BCUT2D eigenvalue weighted by molar-refractivity contribution is 4.90. The van der Waals surface area contributed by atoms with Gasteiger partial charge in [-0.05, 0) is 16.8 Å². The van der Waals surface area contributed by atoms with E-state index in [1.807, 2.05) is 0 Å². The molecular weight excluding hydrogens is 166 g/mol. The second-order valence-corrected chi connectivity index (χ2v) is 2.95. The van der Waals surface area contributed by atoms with Gasteiger partial charge >= 0.3 is 0 Å². The van der Waals surface area contributed by atoms with Crippen molar-refractivity contribution < 1.29 is 8.78 Å². The van der Waals surface area contributed by atoms with Gasteiger partial charge in [0.05, 0.1) is 6.42 Å². The number of alkyl halides is 2. The molecule has 6 heteroatoms. The van der Waals surface area contributed by atoms with Gasteiger partial charge in [0.1, 0.15) is 0 Å². The highest BCUT2D eigenvalue weighted by Gasteiger charge is 2.33. The summed E-state index contributed by atoms with van der Waals surface area (Å²) < 4.78 is 27.3. The Bertz CT molecular complexity index is 283. The van der Waals surface area contributed by atoms with Gasteiger partial charge in [-0.2, -0.15) is 0 Å². The maximum atomic E-state index is 12.9. The van der Waals surface area contributed by atoms with Gasteiger partial charge in [0.15, 0.2) is 5.82 Å². The molecule has 0 bridgehead atoms. The van der Waals surface area contributed by atoms with E-state index in [1.165, 1.54) is 4.68 Å². The number of hydrogen-bond donors (Lipinski definition) is 0. The van der Waals surface area contributed by atoms with Gasteiger partial charge in [-0.3, -0.25) is 0 Å². The van der Waals surface area contributed by atoms with Crippen LogP contribution in [0.5, 0.6) is 0 Å². The minimum atomic E-state index is -2.64. The lowest BCUT2D eigenvalue weighted by molar-refractivity contribution is -0.00738. The molecule has 2 rings (SSSR count). The summed E-state index contributed by atoms with van der Waals surface area (Å²) in [6.45, 7) is 0.498. The van der Waals surface area contributed by atoms with Crippen LogP contribution in [0.3, 0.4) is 0 Å². The van der Waals surface area contributed by atoms with Gasteiger partial charge in [-0.25, -0.2) is 13.5 Å². The molecule has 1 aliphatic heterocycles. The van der Waals surface area contributed by atoms with E-state index in [1.54, 1.807) is 0 Å². The zero-order valence-corrected chi connectivity index (χ0v) is 6.37. The van der Waals surface area contributed by atoms with E-state index in [4.69, 9.17) is 0 Å². The molecule has 1 aromatic rings. The van der Waals surface area contributed by atoms with Gasteiger partial charge in [-0.15, -0.1) is 5.10 Å². The molecular formula is C6H8F2N4. The Morgan fingerprint density at radius 3 is 3.08 bits per heavy atom. The average Bonchev–Trinajstić information content (AvgIpc) is 2.31. The van der Waals surface area contributed by atoms with Gasteiger partial charge in [0.2, 0.25) is 0 Å². The molecule has 1 aliphatic rings. The highest BCUT2D eigenvalue weighted by Crippen LogP contribution is 2.27. The fourth-order valence-electron chi connectivity index (χ4n) is 1.33. The Hall–Kier alpha value is -1.07. The lowest BCUT2D eigenvalue weighted by Gasteiger charge is -2.10. The second-order valence-electron chi connectivity index (χ2n) is 2.95. The third-order valence-electron chi connectivity index (χ3n) is 1.94. The van der Waals surface area contributed by atoms with Crippen molar-refractivity contribution in [2.45, 2.75) is 31.7 Å². The third kappa shape index (κ3) is 1.28. The molecule has 0 aromatic carbocycles. The van der Waals surface area contributed by atoms with Crippen molar-refractivity contribution in [3.63, 3.8) is 0 Å². The molecule has 0 N–H and O–H groups in total. The molecule has 0 radical (unpaired) electrons. The standard InChI is InChI=1S/C6H8F2N4/c7-6(8)2-1-3-12-5(4-6)9-10-11-12/h1-4H2. The molecule has 0 fully saturated rings. The van der Waals surface area contributed by atoms with E-state index in [0.29, 0.717) is 13.0 Å². The number of hydrogen-bond acceptors (Lipinski definition) is 3. The SMILES string of the molecule is FC1(F)CCCn2nnnc2C1. The summed E-state index contributed by atoms with van der Waals surface area (Å²) in [6, 6.07) is 0. The largest absolute Gasteiger partial charge is 0.255 e. The van der Waals surface area contributed by atoms with Crippen LogP contribution in [0.2, 0.25) is 0 Å².